The van der Waals surface area contributed by atoms with Gasteiger partial charge in [-0.3, -0.25) is 4.57 Å². The average Bonchev–Trinajstić information content (AvgIpc) is 2.99. The number of aromatic nitrogens is 1. The van der Waals surface area contributed by atoms with E-state index in [4.69, 9.17) is 4.57 Å². The number of benzene rings is 3. The van der Waals surface area contributed by atoms with E-state index in [1.807, 2.05) is 24.3 Å². The molecule has 0 aliphatic carbocycles. The van der Waals surface area contributed by atoms with Crippen LogP contribution < -0.4 is 0 Å². The van der Waals surface area contributed by atoms with Gasteiger partial charge in [-0.05, 0) is 56.1 Å². The average molecular weight is 451 g/mol. The van der Waals surface area contributed by atoms with Crippen molar-refractivity contribution in [2.75, 3.05) is 0 Å². The van der Waals surface area contributed by atoms with Crippen molar-refractivity contribution in [1.82, 2.24) is 4.98 Å². The van der Waals surface area contributed by atoms with E-state index in [0.717, 1.165) is 8.95 Å². The number of para-hydroxylation sites is 2. The molecule has 1 N–H and O–H groups in total. The Labute approximate surface area is 153 Å². The first-order chi connectivity index (χ1) is 11.3. The minimum Gasteiger partial charge on any atom is -0.355 e. The van der Waals surface area contributed by atoms with Crippen LogP contribution in [0, 0.1) is 0 Å². The van der Waals surface area contributed by atoms with Crippen molar-refractivity contribution in [2.24, 2.45) is 0 Å². The molecule has 0 amide bonds. The lowest BCUT2D eigenvalue weighted by atomic mass is 10.2. The van der Waals surface area contributed by atoms with Crippen LogP contribution in [0.4, 0.5) is 0 Å². The van der Waals surface area contributed by atoms with Gasteiger partial charge < -0.3 is 4.98 Å². The third-order valence-electron chi connectivity index (χ3n) is 3.24. The summed E-state index contributed by atoms with van der Waals surface area (Å²) < 4.78 is 10.2. The molecule has 2 nitrogen and oxygen atoms in total. The van der Waals surface area contributed by atoms with Crippen LogP contribution in [0.25, 0.3) is 21.8 Å². The molecule has 0 aliphatic heterocycles. The zero-order valence-electron chi connectivity index (χ0n) is 12.1. The van der Waals surface area contributed by atoms with E-state index in [2.05, 4.69) is 85.4 Å². The lowest BCUT2D eigenvalue weighted by molar-refractivity contribution is 0.607. The summed E-state index contributed by atoms with van der Waals surface area (Å²) in [5.41, 5.74) is 2.42. The van der Waals surface area contributed by atoms with Crippen LogP contribution in [0.1, 0.15) is 0 Å². The van der Waals surface area contributed by atoms with Gasteiger partial charge in [-0.15, -0.1) is 0 Å². The Bertz CT molecular complexity index is 836. The topological polar surface area (TPSA) is 32.9 Å². The third kappa shape index (κ3) is 4.51. The molecular weight excluding hydrogens is 437 g/mol. The molecule has 116 valence electrons. The molecule has 0 saturated heterocycles. The predicted octanol–water partition coefficient (Wildman–Crippen LogP) is 7.01. The molecule has 0 atom stereocenters. The Kier molecular flexibility index (Phi) is 6.97. The largest absolute Gasteiger partial charge is 0.355 e. The highest BCUT2D eigenvalue weighted by atomic mass is 79.9. The first-order valence-corrected chi connectivity index (χ1v) is 8.81. The first-order valence-electron chi connectivity index (χ1n) is 6.81. The molecule has 0 aliphatic rings. The van der Waals surface area contributed by atoms with E-state index >= 15 is 0 Å². The van der Waals surface area contributed by atoms with Gasteiger partial charge in [0, 0.05) is 30.8 Å². The lowest BCUT2D eigenvalue weighted by Gasteiger charge is -1.89. The van der Waals surface area contributed by atoms with Gasteiger partial charge in [-0.25, -0.2) is 0 Å². The molecule has 0 saturated carbocycles. The number of hydrogen-bond donors (Lipinski definition) is 1. The summed E-state index contributed by atoms with van der Waals surface area (Å²) in [6.07, 6.45) is 0. The highest BCUT2D eigenvalue weighted by Crippen LogP contribution is 2.24. The molecule has 0 bridgehead atoms. The molecular formula is C18H14Br2NOP. The first kappa shape index (κ1) is 17.9. The summed E-state index contributed by atoms with van der Waals surface area (Å²) in [5, 5.41) is 2.61. The van der Waals surface area contributed by atoms with E-state index in [-0.39, 0.29) is 0 Å². The maximum atomic E-state index is 8.06. The normalized spacial score (nSPS) is 9.65. The van der Waals surface area contributed by atoms with Gasteiger partial charge in [0.05, 0.1) is 0 Å². The summed E-state index contributed by atoms with van der Waals surface area (Å²) in [6.45, 7) is 0. The highest BCUT2D eigenvalue weighted by molar-refractivity contribution is 9.13. The lowest BCUT2D eigenvalue weighted by Crippen LogP contribution is -1.63. The number of fused-ring (bicyclic) bond motifs is 3. The van der Waals surface area contributed by atoms with Crippen LogP contribution in [0.2, 0.25) is 0 Å². The molecule has 23 heavy (non-hydrogen) atoms. The standard InChI is InChI=1S/C12H9N.C6H4Br2.HOP/c1-3-7-11-9(5-1)10-6-2-4-8-12(10)13-11;7-5-3-1-2-4-6(5)8;1-2/h1-8,13H;1-4H;2H. The fourth-order valence-corrected chi connectivity index (χ4v) is 2.81. The Morgan fingerprint density at radius 3 is 1.35 bits per heavy atom. The SMILES string of the molecule is Brc1ccccc1Br.O=P.c1ccc2c(c1)[nH]c1ccccc12. The van der Waals surface area contributed by atoms with Crippen molar-refractivity contribution < 1.29 is 4.57 Å². The molecule has 3 aromatic carbocycles. The molecule has 0 unspecified atom stereocenters. The summed E-state index contributed by atoms with van der Waals surface area (Å²) in [6, 6.07) is 24.7. The van der Waals surface area contributed by atoms with Gasteiger partial charge in [0.1, 0.15) is 9.12 Å². The Balaban J connectivity index is 0.000000166. The van der Waals surface area contributed by atoms with Crippen LogP contribution in [0.15, 0.2) is 81.7 Å². The monoisotopic (exact) mass is 449 g/mol. The Morgan fingerprint density at radius 2 is 0.957 bits per heavy atom. The van der Waals surface area contributed by atoms with E-state index in [9.17, 15) is 0 Å². The van der Waals surface area contributed by atoms with Gasteiger partial charge in [-0.1, -0.05) is 48.5 Å². The fourth-order valence-electron chi connectivity index (χ4n) is 2.24. The van der Waals surface area contributed by atoms with Crippen molar-refractivity contribution in [3.8, 4) is 0 Å². The highest BCUT2D eigenvalue weighted by Gasteiger charge is 2.00. The van der Waals surface area contributed by atoms with Crippen molar-refractivity contribution in [3.05, 3.63) is 81.7 Å². The van der Waals surface area contributed by atoms with Crippen LogP contribution in [0.3, 0.4) is 0 Å². The van der Waals surface area contributed by atoms with Gasteiger partial charge in [0.2, 0.25) is 0 Å². The summed E-state index contributed by atoms with van der Waals surface area (Å²) >= 11 is 6.70. The molecule has 1 heterocycles. The van der Waals surface area contributed by atoms with Crippen LogP contribution in [-0.4, -0.2) is 4.98 Å². The van der Waals surface area contributed by atoms with Crippen LogP contribution in [-0.2, 0) is 4.57 Å². The zero-order chi connectivity index (χ0) is 16.7. The summed E-state index contributed by atoms with van der Waals surface area (Å²) in [5.74, 6) is 0. The quantitative estimate of drug-likeness (QED) is 0.287. The van der Waals surface area contributed by atoms with Gasteiger partial charge >= 0.3 is 0 Å². The maximum Gasteiger partial charge on any atom is 0.138 e. The molecule has 1 aromatic heterocycles. The number of nitrogens with one attached hydrogen (secondary N) is 1. The minimum atomic E-state index is 1.10. The van der Waals surface area contributed by atoms with E-state index in [1.165, 1.54) is 21.8 Å². The number of halogens is 2. The third-order valence-corrected chi connectivity index (χ3v) is 5.15. The van der Waals surface area contributed by atoms with Crippen molar-refractivity contribution in [2.45, 2.75) is 0 Å². The predicted molar refractivity (Wildman–Crippen MR) is 107 cm³/mol. The summed E-state index contributed by atoms with van der Waals surface area (Å²) in [4.78, 5) is 3.38. The zero-order valence-corrected chi connectivity index (χ0v) is 16.3. The van der Waals surface area contributed by atoms with Crippen LogP contribution >= 0.6 is 41.0 Å². The Morgan fingerprint density at radius 1 is 0.609 bits per heavy atom. The molecule has 0 fully saturated rings. The molecule has 0 spiro atoms. The number of rotatable bonds is 0. The van der Waals surface area contributed by atoms with Crippen LogP contribution in [0.5, 0.6) is 0 Å². The minimum absolute atomic E-state index is 1.10. The molecule has 4 aromatic rings. The number of hydrogen-bond acceptors (Lipinski definition) is 1. The smallest absolute Gasteiger partial charge is 0.138 e. The number of H-pyrrole nitrogens is 1. The molecule has 5 heteroatoms. The second-order valence-corrected chi connectivity index (χ2v) is 6.34. The van der Waals surface area contributed by atoms with Crippen molar-refractivity contribution in [1.29, 1.82) is 0 Å². The van der Waals surface area contributed by atoms with E-state index < -0.39 is 0 Å². The fraction of sp³-hybridized carbons (Fsp3) is 0. The molecule has 4 rings (SSSR count). The van der Waals surface area contributed by atoms with Gasteiger partial charge in [0.15, 0.2) is 0 Å². The summed E-state index contributed by atoms with van der Waals surface area (Å²) in [7, 11) is 1.72. The molecule has 0 radical (unpaired) electrons. The van der Waals surface area contributed by atoms with E-state index in [0.29, 0.717) is 0 Å². The van der Waals surface area contributed by atoms with Crippen molar-refractivity contribution in [3.63, 3.8) is 0 Å². The van der Waals surface area contributed by atoms with E-state index in [1.54, 1.807) is 9.12 Å². The number of aromatic amines is 1. The van der Waals surface area contributed by atoms with Gasteiger partial charge in [0.25, 0.3) is 0 Å². The Hall–Kier alpha value is -1.48. The van der Waals surface area contributed by atoms with Crippen molar-refractivity contribution >= 4 is 62.8 Å². The second kappa shape index (κ2) is 8.97. The van der Waals surface area contributed by atoms with Gasteiger partial charge in [-0.2, -0.15) is 0 Å². The second-order valence-electron chi connectivity index (χ2n) is 4.63. The maximum absolute atomic E-state index is 8.06.